The first kappa shape index (κ1) is 17.7. The fourth-order valence-electron chi connectivity index (χ4n) is 1.47. The highest BCUT2D eigenvalue weighted by molar-refractivity contribution is 7.88. The molecule has 21 heavy (non-hydrogen) atoms. The van der Waals surface area contributed by atoms with E-state index in [4.69, 9.17) is 5.11 Å². The first-order valence-electron chi connectivity index (χ1n) is 6.26. The summed E-state index contributed by atoms with van der Waals surface area (Å²) in [6.45, 7) is 2.31. The summed E-state index contributed by atoms with van der Waals surface area (Å²) in [5.74, 6) is 5.13. The minimum atomic E-state index is -3.18. The summed E-state index contributed by atoms with van der Waals surface area (Å²) in [5.41, 5.74) is 0.893. The average molecular weight is 330 g/mol. The van der Waals surface area contributed by atoms with Gasteiger partial charge in [-0.15, -0.1) is 11.3 Å². The van der Waals surface area contributed by atoms with Crippen LogP contribution in [0.2, 0.25) is 0 Å². The van der Waals surface area contributed by atoms with Crippen molar-refractivity contribution in [1.82, 2.24) is 10.0 Å². The van der Waals surface area contributed by atoms with Crippen LogP contribution in [0.15, 0.2) is 6.07 Å². The summed E-state index contributed by atoms with van der Waals surface area (Å²) >= 11 is 1.27. The van der Waals surface area contributed by atoms with Gasteiger partial charge in [0.1, 0.15) is 6.61 Å². The predicted molar refractivity (Wildman–Crippen MR) is 82.8 cm³/mol. The van der Waals surface area contributed by atoms with Crippen molar-refractivity contribution in [3.05, 3.63) is 21.4 Å². The lowest BCUT2D eigenvalue weighted by molar-refractivity contribution is 0.0957. The fraction of sp³-hybridized carbons (Fsp3) is 0.462. The molecule has 0 spiro atoms. The van der Waals surface area contributed by atoms with E-state index in [1.165, 1.54) is 11.3 Å². The fourth-order valence-corrected chi connectivity index (χ4v) is 2.95. The molecule has 6 nitrogen and oxygen atoms in total. The second kappa shape index (κ2) is 8.14. The second-order valence-electron chi connectivity index (χ2n) is 4.36. The lowest BCUT2D eigenvalue weighted by Crippen LogP contribution is -2.29. The molecule has 0 atom stereocenters. The number of aliphatic hydroxyl groups is 1. The van der Waals surface area contributed by atoms with Gasteiger partial charge in [0.2, 0.25) is 10.0 Å². The normalized spacial score (nSPS) is 10.8. The Labute approximate surface area is 128 Å². The van der Waals surface area contributed by atoms with Crippen molar-refractivity contribution in [2.24, 2.45) is 0 Å². The van der Waals surface area contributed by atoms with Gasteiger partial charge in [-0.05, 0) is 25.0 Å². The number of rotatable bonds is 6. The maximum Gasteiger partial charge on any atom is 0.261 e. The third-order valence-corrected chi connectivity index (χ3v) is 4.31. The van der Waals surface area contributed by atoms with Gasteiger partial charge in [0, 0.05) is 13.1 Å². The zero-order valence-corrected chi connectivity index (χ0v) is 13.5. The number of carbonyl (C=O) groups is 1. The van der Waals surface area contributed by atoms with E-state index in [2.05, 4.69) is 21.9 Å². The average Bonchev–Trinajstić information content (AvgIpc) is 2.76. The Kier molecular flexibility index (Phi) is 6.84. The van der Waals surface area contributed by atoms with Crippen molar-refractivity contribution >= 4 is 27.3 Å². The molecule has 1 rings (SSSR count). The van der Waals surface area contributed by atoms with Crippen LogP contribution >= 0.6 is 11.3 Å². The Hall–Kier alpha value is -1.40. The maximum absolute atomic E-state index is 11.9. The maximum atomic E-state index is 11.9. The molecule has 1 amide bonds. The molecule has 0 aliphatic heterocycles. The Morgan fingerprint density at radius 1 is 1.43 bits per heavy atom. The Morgan fingerprint density at radius 2 is 2.14 bits per heavy atom. The molecule has 0 unspecified atom stereocenters. The Morgan fingerprint density at radius 3 is 2.76 bits per heavy atom. The van der Waals surface area contributed by atoms with Crippen LogP contribution in [0.25, 0.3) is 0 Å². The summed E-state index contributed by atoms with van der Waals surface area (Å²) in [7, 11) is -3.18. The van der Waals surface area contributed by atoms with Crippen LogP contribution in [0, 0.1) is 18.8 Å². The van der Waals surface area contributed by atoms with Gasteiger partial charge in [0.05, 0.1) is 16.0 Å². The van der Waals surface area contributed by atoms with Crippen LogP contribution in [-0.4, -0.2) is 45.4 Å². The standard InChI is InChI=1S/C13H18N2O4S2/c1-10-9-12(20-11(10)5-3-8-16)13(17)14-6-4-7-15-21(2,18)19/h9,15-16H,4,6-8H2,1-2H3,(H,14,17). The molecular weight excluding hydrogens is 312 g/mol. The SMILES string of the molecule is Cc1cc(C(=O)NCCCNS(C)(=O)=O)sc1C#CCO. The number of nitrogens with one attached hydrogen (secondary N) is 2. The summed E-state index contributed by atoms with van der Waals surface area (Å²) in [5, 5.41) is 11.4. The highest BCUT2D eigenvalue weighted by atomic mass is 32.2. The number of hydrogen-bond donors (Lipinski definition) is 3. The van der Waals surface area contributed by atoms with Crippen molar-refractivity contribution in [3.63, 3.8) is 0 Å². The van der Waals surface area contributed by atoms with Crippen molar-refractivity contribution in [2.45, 2.75) is 13.3 Å². The van der Waals surface area contributed by atoms with Gasteiger partial charge in [-0.1, -0.05) is 11.8 Å². The molecule has 0 saturated carbocycles. The molecule has 0 saturated heterocycles. The summed E-state index contributed by atoms with van der Waals surface area (Å²) in [6.07, 6.45) is 1.61. The van der Waals surface area contributed by atoms with Crippen LogP contribution in [0.1, 0.15) is 26.5 Å². The molecule has 116 valence electrons. The summed E-state index contributed by atoms with van der Waals surface area (Å²) < 4.78 is 24.1. The number of carbonyl (C=O) groups excluding carboxylic acids is 1. The van der Waals surface area contributed by atoms with E-state index < -0.39 is 10.0 Å². The topological polar surface area (TPSA) is 95.5 Å². The van der Waals surface area contributed by atoms with Crippen LogP contribution in [0.4, 0.5) is 0 Å². The second-order valence-corrected chi connectivity index (χ2v) is 7.24. The molecule has 1 heterocycles. The van der Waals surface area contributed by atoms with Crippen molar-refractivity contribution in [1.29, 1.82) is 0 Å². The molecule has 0 aliphatic carbocycles. The van der Waals surface area contributed by atoms with Crippen LogP contribution in [0.5, 0.6) is 0 Å². The van der Waals surface area contributed by atoms with E-state index in [-0.39, 0.29) is 19.1 Å². The minimum absolute atomic E-state index is 0.209. The zero-order chi connectivity index (χ0) is 15.9. The smallest absolute Gasteiger partial charge is 0.261 e. The minimum Gasteiger partial charge on any atom is -0.384 e. The molecular formula is C13H18N2O4S2. The van der Waals surface area contributed by atoms with Gasteiger partial charge in [-0.25, -0.2) is 13.1 Å². The van der Waals surface area contributed by atoms with Gasteiger partial charge in [0.15, 0.2) is 0 Å². The van der Waals surface area contributed by atoms with Crippen molar-refractivity contribution in [3.8, 4) is 11.8 Å². The quantitative estimate of drug-likeness (QED) is 0.508. The van der Waals surface area contributed by atoms with E-state index >= 15 is 0 Å². The van der Waals surface area contributed by atoms with E-state index in [1.54, 1.807) is 6.07 Å². The lowest BCUT2D eigenvalue weighted by Gasteiger charge is -2.04. The van der Waals surface area contributed by atoms with Gasteiger partial charge in [-0.3, -0.25) is 4.79 Å². The number of sulfonamides is 1. The molecule has 8 heteroatoms. The van der Waals surface area contributed by atoms with Crippen molar-refractivity contribution in [2.75, 3.05) is 26.0 Å². The molecule has 1 aromatic rings. The molecule has 0 aliphatic rings. The van der Waals surface area contributed by atoms with E-state index in [1.807, 2.05) is 6.92 Å². The third kappa shape index (κ3) is 6.73. The predicted octanol–water partition coefficient (Wildman–Crippen LogP) is 0.0694. The van der Waals surface area contributed by atoms with Gasteiger partial charge in [-0.2, -0.15) is 0 Å². The Balaban J connectivity index is 2.46. The van der Waals surface area contributed by atoms with Gasteiger partial charge < -0.3 is 10.4 Å². The van der Waals surface area contributed by atoms with Crippen LogP contribution in [-0.2, 0) is 10.0 Å². The van der Waals surface area contributed by atoms with Gasteiger partial charge >= 0.3 is 0 Å². The first-order valence-corrected chi connectivity index (χ1v) is 8.97. The molecule has 1 aromatic heterocycles. The lowest BCUT2D eigenvalue weighted by atomic mass is 10.2. The largest absolute Gasteiger partial charge is 0.384 e. The van der Waals surface area contributed by atoms with Crippen molar-refractivity contribution < 1.29 is 18.3 Å². The number of aliphatic hydroxyl groups excluding tert-OH is 1. The number of amides is 1. The molecule has 0 fully saturated rings. The molecule has 0 bridgehead atoms. The monoisotopic (exact) mass is 330 g/mol. The number of thiophene rings is 1. The molecule has 0 aromatic carbocycles. The first-order chi connectivity index (χ1) is 9.83. The highest BCUT2D eigenvalue weighted by Crippen LogP contribution is 2.20. The Bertz CT molecular complexity index is 653. The van der Waals surface area contributed by atoms with E-state index in [0.717, 1.165) is 16.7 Å². The number of hydrogen-bond acceptors (Lipinski definition) is 5. The molecule has 0 radical (unpaired) electrons. The van der Waals surface area contributed by atoms with Crippen LogP contribution in [0.3, 0.4) is 0 Å². The molecule has 3 N–H and O–H groups in total. The third-order valence-electron chi connectivity index (χ3n) is 2.43. The van der Waals surface area contributed by atoms with Gasteiger partial charge in [0.25, 0.3) is 5.91 Å². The summed E-state index contributed by atoms with van der Waals surface area (Å²) in [4.78, 5) is 13.2. The highest BCUT2D eigenvalue weighted by Gasteiger charge is 2.11. The summed E-state index contributed by atoms with van der Waals surface area (Å²) in [6, 6.07) is 1.75. The van der Waals surface area contributed by atoms with E-state index in [0.29, 0.717) is 17.8 Å². The van der Waals surface area contributed by atoms with Crippen LogP contribution < -0.4 is 10.0 Å². The van der Waals surface area contributed by atoms with E-state index in [9.17, 15) is 13.2 Å². The zero-order valence-electron chi connectivity index (χ0n) is 11.9. The number of aryl methyl sites for hydroxylation is 1.